The van der Waals surface area contributed by atoms with Gasteiger partial charge in [-0.05, 0) is 35.4 Å². The van der Waals surface area contributed by atoms with Crippen molar-refractivity contribution in [2.24, 2.45) is 5.10 Å². The molecule has 7 nitrogen and oxygen atoms in total. The lowest BCUT2D eigenvalue weighted by Gasteiger charge is -2.00. The third kappa shape index (κ3) is 4.41. The number of amides is 1. The second-order valence-electron chi connectivity index (χ2n) is 4.49. The third-order valence-corrected chi connectivity index (χ3v) is 2.81. The molecule has 0 fully saturated rings. The van der Waals surface area contributed by atoms with Crippen LogP contribution in [0.3, 0.4) is 0 Å². The molecule has 1 amide bonds. The van der Waals surface area contributed by atoms with Gasteiger partial charge in [0.05, 0.1) is 17.6 Å². The Balaban J connectivity index is 1.87. The number of phenolic OH excluding ortho intramolecular Hbond substituents is 1. The van der Waals surface area contributed by atoms with Gasteiger partial charge in [-0.2, -0.15) is 5.10 Å². The smallest absolute Gasteiger partial charge is 0.269 e. The van der Waals surface area contributed by atoms with Crippen molar-refractivity contribution in [3.63, 3.8) is 0 Å². The summed E-state index contributed by atoms with van der Waals surface area (Å²) in [6.45, 7) is 0. The van der Waals surface area contributed by atoms with E-state index in [1.54, 1.807) is 12.1 Å². The van der Waals surface area contributed by atoms with Crippen LogP contribution in [-0.4, -0.2) is 22.2 Å². The molecule has 0 radical (unpaired) electrons. The van der Waals surface area contributed by atoms with Crippen molar-refractivity contribution >= 4 is 17.8 Å². The second-order valence-corrected chi connectivity index (χ2v) is 4.49. The first-order chi connectivity index (χ1) is 10.5. The van der Waals surface area contributed by atoms with Crippen molar-refractivity contribution in [3.8, 4) is 5.75 Å². The van der Waals surface area contributed by atoms with E-state index in [0.717, 1.165) is 5.56 Å². The first kappa shape index (κ1) is 15.2. The fourth-order valence-electron chi connectivity index (χ4n) is 1.70. The molecule has 0 aliphatic carbocycles. The van der Waals surface area contributed by atoms with Crippen molar-refractivity contribution in [1.29, 1.82) is 0 Å². The number of carbonyl (C=O) groups is 1. The van der Waals surface area contributed by atoms with Gasteiger partial charge in [-0.1, -0.05) is 12.1 Å². The van der Waals surface area contributed by atoms with Gasteiger partial charge in [0, 0.05) is 12.1 Å². The van der Waals surface area contributed by atoms with Crippen molar-refractivity contribution in [3.05, 3.63) is 69.8 Å². The zero-order valence-corrected chi connectivity index (χ0v) is 11.5. The lowest BCUT2D eigenvalue weighted by atomic mass is 10.1. The maximum absolute atomic E-state index is 11.7. The van der Waals surface area contributed by atoms with Gasteiger partial charge in [-0.25, -0.2) is 5.43 Å². The molecule has 0 aliphatic rings. The Morgan fingerprint density at radius 3 is 2.41 bits per heavy atom. The van der Waals surface area contributed by atoms with Gasteiger partial charge in [0.1, 0.15) is 5.75 Å². The van der Waals surface area contributed by atoms with E-state index < -0.39 is 4.92 Å². The van der Waals surface area contributed by atoms with Crippen LogP contribution in [0.5, 0.6) is 5.75 Å². The summed E-state index contributed by atoms with van der Waals surface area (Å²) < 4.78 is 0. The van der Waals surface area contributed by atoms with Crippen LogP contribution in [0.15, 0.2) is 53.6 Å². The minimum absolute atomic E-state index is 0.0190. The van der Waals surface area contributed by atoms with Gasteiger partial charge in [0.2, 0.25) is 5.91 Å². The standard InChI is InChI=1S/C15H13N3O4/c19-14-7-3-12(4-8-14)10-16-17-15(20)9-11-1-5-13(6-2-11)18(21)22/h1-8,10,19H,9H2,(H,17,20)/b16-10+. The average Bonchev–Trinajstić information content (AvgIpc) is 2.50. The average molecular weight is 299 g/mol. The largest absolute Gasteiger partial charge is 0.508 e. The monoisotopic (exact) mass is 299 g/mol. The van der Waals surface area contributed by atoms with E-state index in [2.05, 4.69) is 10.5 Å². The first-order valence-electron chi connectivity index (χ1n) is 6.39. The number of hydrogen-bond donors (Lipinski definition) is 2. The molecule has 2 aromatic rings. The van der Waals surface area contributed by atoms with Gasteiger partial charge in [-0.15, -0.1) is 0 Å². The van der Waals surface area contributed by atoms with Crippen LogP contribution in [0.2, 0.25) is 0 Å². The van der Waals surface area contributed by atoms with Crippen molar-refractivity contribution in [1.82, 2.24) is 5.43 Å². The summed E-state index contributed by atoms with van der Waals surface area (Å²) in [6, 6.07) is 12.1. The number of non-ortho nitro benzene ring substituents is 1. The molecule has 2 N–H and O–H groups in total. The highest BCUT2D eigenvalue weighted by Gasteiger charge is 2.06. The number of benzene rings is 2. The topological polar surface area (TPSA) is 105 Å². The number of hydrazone groups is 1. The van der Waals surface area contributed by atoms with Crippen molar-refractivity contribution < 1.29 is 14.8 Å². The summed E-state index contributed by atoms with van der Waals surface area (Å²) >= 11 is 0. The number of rotatable bonds is 5. The fourth-order valence-corrected chi connectivity index (χ4v) is 1.70. The molecule has 0 saturated heterocycles. The number of nitrogens with zero attached hydrogens (tertiary/aromatic N) is 2. The summed E-state index contributed by atoms with van der Waals surface area (Å²) in [7, 11) is 0. The summed E-state index contributed by atoms with van der Waals surface area (Å²) in [5.41, 5.74) is 3.73. The molecular weight excluding hydrogens is 286 g/mol. The molecule has 0 bridgehead atoms. The maximum Gasteiger partial charge on any atom is 0.269 e. The number of phenols is 1. The normalized spacial score (nSPS) is 10.5. The van der Waals surface area contributed by atoms with E-state index in [-0.39, 0.29) is 23.8 Å². The second kappa shape index (κ2) is 6.98. The van der Waals surface area contributed by atoms with Crippen LogP contribution in [0.25, 0.3) is 0 Å². The zero-order valence-electron chi connectivity index (χ0n) is 11.5. The van der Waals surface area contributed by atoms with Crippen LogP contribution in [0.4, 0.5) is 5.69 Å². The fraction of sp³-hybridized carbons (Fsp3) is 0.0667. The lowest BCUT2D eigenvalue weighted by molar-refractivity contribution is -0.384. The van der Waals surface area contributed by atoms with E-state index in [1.807, 2.05) is 0 Å². The Labute approximate surface area is 126 Å². The van der Waals surface area contributed by atoms with Crippen LogP contribution < -0.4 is 5.43 Å². The highest BCUT2D eigenvalue weighted by molar-refractivity contribution is 5.83. The lowest BCUT2D eigenvalue weighted by Crippen LogP contribution is -2.19. The number of hydrogen-bond acceptors (Lipinski definition) is 5. The van der Waals surface area contributed by atoms with E-state index in [4.69, 9.17) is 5.11 Å². The van der Waals surface area contributed by atoms with Crippen molar-refractivity contribution in [2.45, 2.75) is 6.42 Å². The minimum atomic E-state index is -0.494. The van der Waals surface area contributed by atoms with Crippen LogP contribution in [-0.2, 0) is 11.2 Å². The van der Waals surface area contributed by atoms with Crippen LogP contribution >= 0.6 is 0 Å². The molecule has 0 saturated carbocycles. The Kier molecular flexibility index (Phi) is 4.81. The highest BCUT2D eigenvalue weighted by Crippen LogP contribution is 2.12. The molecule has 0 unspecified atom stereocenters. The highest BCUT2D eigenvalue weighted by atomic mass is 16.6. The predicted octanol–water partition coefficient (Wildman–Crippen LogP) is 1.99. The molecule has 0 spiro atoms. The third-order valence-electron chi connectivity index (χ3n) is 2.81. The van der Waals surface area contributed by atoms with Gasteiger partial charge >= 0.3 is 0 Å². The summed E-state index contributed by atoms with van der Waals surface area (Å²) in [6.07, 6.45) is 1.53. The van der Waals surface area contributed by atoms with Crippen LogP contribution in [0.1, 0.15) is 11.1 Å². The number of nitro groups is 1. The molecule has 7 heteroatoms. The quantitative estimate of drug-likeness (QED) is 0.500. The summed E-state index contributed by atoms with van der Waals surface area (Å²) in [5, 5.41) is 23.5. The predicted molar refractivity (Wildman–Crippen MR) is 80.6 cm³/mol. The zero-order chi connectivity index (χ0) is 15.9. The van der Waals surface area contributed by atoms with E-state index >= 15 is 0 Å². The molecular formula is C15H13N3O4. The van der Waals surface area contributed by atoms with Gasteiger partial charge in [0.15, 0.2) is 0 Å². The van der Waals surface area contributed by atoms with E-state index in [1.165, 1.54) is 42.6 Å². The molecule has 0 aliphatic heterocycles. The molecule has 112 valence electrons. The van der Waals surface area contributed by atoms with Gasteiger partial charge < -0.3 is 5.11 Å². The minimum Gasteiger partial charge on any atom is -0.508 e. The SMILES string of the molecule is O=C(Cc1ccc([N+](=O)[O-])cc1)N/N=C/c1ccc(O)cc1. The van der Waals surface area contributed by atoms with E-state index in [9.17, 15) is 14.9 Å². The number of nitrogens with one attached hydrogen (secondary N) is 1. The first-order valence-corrected chi connectivity index (χ1v) is 6.39. The Hall–Kier alpha value is -3.22. The van der Waals surface area contributed by atoms with Crippen molar-refractivity contribution in [2.75, 3.05) is 0 Å². The summed E-state index contributed by atoms with van der Waals surface area (Å²) in [4.78, 5) is 21.7. The Morgan fingerprint density at radius 1 is 1.18 bits per heavy atom. The molecule has 0 atom stereocenters. The Bertz CT molecular complexity index is 694. The van der Waals surface area contributed by atoms with Gasteiger partial charge in [0.25, 0.3) is 5.69 Å². The number of carbonyl (C=O) groups excluding carboxylic acids is 1. The molecule has 0 heterocycles. The van der Waals surface area contributed by atoms with Gasteiger partial charge in [-0.3, -0.25) is 14.9 Å². The molecule has 22 heavy (non-hydrogen) atoms. The maximum atomic E-state index is 11.7. The molecule has 2 rings (SSSR count). The van der Waals surface area contributed by atoms with Crippen LogP contribution in [0, 0.1) is 10.1 Å². The molecule has 2 aromatic carbocycles. The number of aromatic hydroxyl groups is 1. The summed E-state index contributed by atoms with van der Waals surface area (Å²) in [5.74, 6) is -0.178. The number of nitro benzene ring substituents is 1. The van der Waals surface area contributed by atoms with E-state index in [0.29, 0.717) is 5.56 Å². The Morgan fingerprint density at radius 2 is 1.82 bits per heavy atom. The molecule has 0 aromatic heterocycles.